The van der Waals surface area contributed by atoms with Crippen molar-refractivity contribution in [2.24, 2.45) is 5.92 Å². The van der Waals surface area contributed by atoms with Crippen molar-refractivity contribution in [1.29, 1.82) is 0 Å². The van der Waals surface area contributed by atoms with Gasteiger partial charge in [-0.1, -0.05) is 170 Å². The summed E-state index contributed by atoms with van der Waals surface area (Å²) in [6.45, 7) is 24.4. The van der Waals surface area contributed by atoms with Crippen LogP contribution in [0.15, 0.2) is 223 Å². The Morgan fingerprint density at radius 2 is 1.36 bits per heavy atom. The van der Waals surface area contributed by atoms with Crippen LogP contribution in [0.25, 0.3) is 61.8 Å². The topological polar surface area (TPSA) is 25.6 Å². The number of nitrogens with zero attached hydrogens (tertiary/aromatic N) is 1. The lowest BCUT2D eigenvalue weighted by Crippen LogP contribution is -2.16. The third-order valence-electron chi connectivity index (χ3n) is 15.2. The van der Waals surface area contributed by atoms with Crippen LogP contribution in [-0.4, -0.2) is 0 Å². The molecule has 4 aliphatic rings. The summed E-state index contributed by atoms with van der Waals surface area (Å²) >= 11 is 0. The van der Waals surface area contributed by atoms with Crippen molar-refractivity contribution in [2.45, 2.75) is 64.7 Å². The van der Waals surface area contributed by atoms with E-state index in [1.54, 1.807) is 6.26 Å². The molecule has 0 spiro atoms. The third kappa shape index (κ3) is 7.71. The summed E-state index contributed by atoms with van der Waals surface area (Å²) in [6, 6.07) is 46.8. The number of allylic oxidation sites excluding steroid dienone is 11. The Balaban J connectivity index is 0.973. The smallest absolute Gasteiger partial charge is 0.142 e. The summed E-state index contributed by atoms with van der Waals surface area (Å²) in [7, 11) is 0. The second-order valence-electron chi connectivity index (χ2n) is 20.3. The van der Waals surface area contributed by atoms with Crippen LogP contribution >= 0.6 is 0 Å². The molecule has 0 amide bonds. The van der Waals surface area contributed by atoms with Crippen LogP contribution in [-0.2, 0) is 22.0 Å². The molecule has 0 bridgehead atoms. The van der Waals surface area contributed by atoms with Gasteiger partial charge < -0.3 is 14.1 Å². The highest BCUT2D eigenvalue weighted by Gasteiger charge is 2.38. The zero-order chi connectivity index (χ0) is 48.3. The number of ether oxygens (including phenoxy) is 1. The molecular formula is C67H59NO2. The van der Waals surface area contributed by atoms with E-state index in [1.807, 2.05) is 24.3 Å². The Bertz CT molecular complexity index is 3480. The van der Waals surface area contributed by atoms with E-state index in [-0.39, 0.29) is 10.8 Å². The average molecular weight is 910 g/mol. The van der Waals surface area contributed by atoms with E-state index in [2.05, 4.69) is 217 Å². The minimum atomic E-state index is -0.305. The van der Waals surface area contributed by atoms with E-state index in [9.17, 15) is 0 Å². The Morgan fingerprint density at radius 1 is 0.671 bits per heavy atom. The zero-order valence-corrected chi connectivity index (χ0v) is 41.0. The number of anilines is 2. The van der Waals surface area contributed by atoms with E-state index in [4.69, 9.17) is 9.15 Å². The van der Waals surface area contributed by atoms with Gasteiger partial charge in [-0.3, -0.25) is 0 Å². The van der Waals surface area contributed by atoms with Gasteiger partial charge in [0, 0.05) is 50.5 Å². The highest BCUT2D eigenvalue weighted by atomic mass is 16.5. The molecule has 3 heteroatoms. The van der Waals surface area contributed by atoms with E-state index in [0.717, 1.165) is 75.6 Å². The molecule has 11 rings (SSSR count). The molecule has 0 fully saturated rings. The molecule has 6 aromatic carbocycles. The molecule has 1 atom stereocenters. The first kappa shape index (κ1) is 44.6. The molecule has 3 nitrogen and oxygen atoms in total. The van der Waals surface area contributed by atoms with Gasteiger partial charge in [-0.25, -0.2) is 0 Å². The summed E-state index contributed by atoms with van der Waals surface area (Å²) in [6.07, 6.45) is 23.6. The molecule has 2 heterocycles. The zero-order valence-electron chi connectivity index (χ0n) is 41.0. The van der Waals surface area contributed by atoms with Crippen molar-refractivity contribution in [3.8, 4) is 33.4 Å². The summed E-state index contributed by atoms with van der Waals surface area (Å²) in [5.74, 6) is 2.27. The predicted octanol–water partition coefficient (Wildman–Crippen LogP) is 18.2. The van der Waals surface area contributed by atoms with Gasteiger partial charge in [0.05, 0.1) is 6.26 Å². The number of hydrogen-bond donors (Lipinski definition) is 0. The van der Waals surface area contributed by atoms with E-state index >= 15 is 0 Å². The van der Waals surface area contributed by atoms with Crippen molar-refractivity contribution in [1.82, 2.24) is 0 Å². The molecule has 344 valence electrons. The molecule has 7 aromatic rings. The van der Waals surface area contributed by atoms with E-state index in [0.29, 0.717) is 5.92 Å². The van der Waals surface area contributed by atoms with Crippen molar-refractivity contribution in [3.63, 3.8) is 0 Å². The molecule has 0 radical (unpaired) electrons. The van der Waals surface area contributed by atoms with Gasteiger partial charge in [0.25, 0.3) is 0 Å². The largest absolute Gasteiger partial charge is 0.465 e. The van der Waals surface area contributed by atoms with Crippen LogP contribution in [0.4, 0.5) is 11.4 Å². The van der Waals surface area contributed by atoms with Crippen molar-refractivity contribution < 1.29 is 9.15 Å². The monoisotopic (exact) mass is 909 g/mol. The Labute approximate surface area is 413 Å². The van der Waals surface area contributed by atoms with Gasteiger partial charge in [0.2, 0.25) is 0 Å². The van der Waals surface area contributed by atoms with Gasteiger partial charge in [0.1, 0.15) is 17.1 Å². The first-order valence-electron chi connectivity index (χ1n) is 24.7. The molecule has 1 unspecified atom stereocenters. The fraction of sp³-hybridized carbons (Fsp3) is 0.164. The van der Waals surface area contributed by atoms with Gasteiger partial charge in [-0.05, 0) is 158 Å². The van der Waals surface area contributed by atoms with Gasteiger partial charge in [-0.15, -0.1) is 0 Å². The first-order valence-corrected chi connectivity index (χ1v) is 24.7. The minimum Gasteiger partial charge on any atom is -0.465 e. The quantitative estimate of drug-likeness (QED) is 0.152. The van der Waals surface area contributed by atoms with Crippen LogP contribution in [0.5, 0.6) is 0 Å². The normalized spacial score (nSPS) is 19.4. The average Bonchev–Trinajstić information content (AvgIpc) is 3.92. The van der Waals surface area contributed by atoms with Crippen LogP contribution in [0.3, 0.4) is 0 Å². The van der Waals surface area contributed by atoms with E-state index < -0.39 is 0 Å². The maximum atomic E-state index is 6.61. The maximum absolute atomic E-state index is 6.61. The highest BCUT2D eigenvalue weighted by Crippen LogP contribution is 2.53. The number of hydrogen-bond acceptors (Lipinski definition) is 3. The molecule has 70 heavy (non-hydrogen) atoms. The third-order valence-corrected chi connectivity index (χ3v) is 15.2. The van der Waals surface area contributed by atoms with Crippen LogP contribution in [0, 0.1) is 5.92 Å². The molecule has 0 saturated carbocycles. The lowest BCUT2D eigenvalue weighted by molar-refractivity contribution is 0.434. The number of benzene rings is 6. The predicted molar refractivity (Wildman–Crippen MR) is 296 cm³/mol. The fourth-order valence-corrected chi connectivity index (χ4v) is 11.2. The van der Waals surface area contributed by atoms with E-state index in [1.165, 1.54) is 66.6 Å². The van der Waals surface area contributed by atoms with Crippen LogP contribution in [0.1, 0.15) is 86.6 Å². The SMILES string of the molecule is C=CC1=C(/C=C\N(c2ccc(-c3ccccc3)cc2)c2ccc3c(c2)C(C)(C)c2cc(-c4cccc5c6c(oc45)C=CC(C)C6)ccc2-3)c2ccc(/C3=C/C=C\C(=C)C(=C)CC/C=C\O3)cc2C1(C)C. The number of furan rings is 1. The molecular weight excluding hydrogens is 851 g/mol. The summed E-state index contributed by atoms with van der Waals surface area (Å²) in [5, 5.41) is 1.22. The second-order valence-corrected chi connectivity index (χ2v) is 20.3. The highest BCUT2D eigenvalue weighted by molar-refractivity contribution is 5.98. The summed E-state index contributed by atoms with van der Waals surface area (Å²) in [5.41, 5.74) is 21.5. The lowest BCUT2D eigenvalue weighted by atomic mass is 9.80. The van der Waals surface area contributed by atoms with Gasteiger partial charge in [-0.2, -0.15) is 0 Å². The Kier molecular flexibility index (Phi) is 11.2. The molecule has 1 aliphatic heterocycles. The van der Waals surface area contributed by atoms with Crippen molar-refractivity contribution in [3.05, 3.63) is 258 Å². The molecule has 1 aromatic heterocycles. The van der Waals surface area contributed by atoms with Gasteiger partial charge in [0.15, 0.2) is 0 Å². The van der Waals surface area contributed by atoms with Crippen molar-refractivity contribution in [2.75, 3.05) is 4.90 Å². The fourth-order valence-electron chi connectivity index (χ4n) is 11.2. The number of para-hydroxylation sites is 1. The number of fused-ring (bicyclic) bond motifs is 7. The summed E-state index contributed by atoms with van der Waals surface area (Å²) in [4.78, 5) is 2.34. The summed E-state index contributed by atoms with van der Waals surface area (Å²) < 4.78 is 12.9. The van der Waals surface area contributed by atoms with Crippen LogP contribution < -0.4 is 4.90 Å². The second kappa shape index (κ2) is 17.6. The van der Waals surface area contributed by atoms with Crippen LogP contribution in [0.2, 0.25) is 0 Å². The van der Waals surface area contributed by atoms with Crippen molar-refractivity contribution >= 4 is 39.8 Å². The first-order chi connectivity index (χ1) is 33.9. The Morgan fingerprint density at radius 3 is 2.16 bits per heavy atom. The molecule has 0 saturated heterocycles. The molecule has 3 aliphatic carbocycles. The van der Waals surface area contributed by atoms with Gasteiger partial charge >= 0.3 is 0 Å². The lowest BCUT2D eigenvalue weighted by Gasteiger charge is -2.26. The standard InChI is InChI=1S/C67H59NO2/c1-9-59-56(54-33-28-49(41-61(54)66(59,5)6)63-23-15-18-45(4)44(3)17-13-14-38-69-63)36-37-68(50-29-25-47(26-30-50)46-19-11-10-12-20-46)51-31-34-55-53-32-27-48(40-60(53)67(7,8)62(55)42-51)52-21-16-22-57-58-39-43(2)24-35-64(58)70-65(52)57/h9-12,14-16,18-38,40-43H,1,3-4,13,17,39H2,2,5-8H3/b18-15-,37-36-,38-14-,63-23-. The Hall–Kier alpha value is -7.88. The number of rotatable bonds is 8. The maximum Gasteiger partial charge on any atom is 0.142 e. The minimum absolute atomic E-state index is 0.260. The molecule has 0 N–H and O–H groups in total.